The molecule has 7 rings (SSSR count). The molecule has 1 N–H and O–H groups in total. The molecule has 3 aromatic heterocycles. The molecule has 2 aliphatic heterocycles. The standard InChI is InChI=1S/C35H45N11O4/c1-24(19-44-23-39-42-43-44)50-33-15-25(5-6-26(33)16-36)27-17-37-35(38-18-27)40-32-20-45(41-34(32)49-14-4-3-13-47-2)28-7-9-29(10-8-28)46-30-11-12-31(46)22-48-21-30/h5-6,15,17-18,20,23-24,28-31H,3-4,7-14,19,21-22H2,1-2H3,(H,37,38,40)/t24-,28-,29-,30-,31+/m0/s1. The largest absolute Gasteiger partial charge is 0.487 e. The Bertz CT molecular complexity index is 1700. The van der Waals surface area contributed by atoms with Crippen molar-refractivity contribution in [2.75, 3.05) is 38.9 Å². The van der Waals surface area contributed by atoms with Gasteiger partial charge in [-0.05, 0) is 86.4 Å². The van der Waals surface area contributed by atoms with Crippen LogP contribution in [0.3, 0.4) is 0 Å². The molecule has 1 saturated carbocycles. The normalized spacial score (nSPS) is 22.6. The van der Waals surface area contributed by atoms with Crippen molar-refractivity contribution in [1.82, 2.24) is 44.9 Å². The predicted molar refractivity (Wildman–Crippen MR) is 183 cm³/mol. The molecular weight excluding hydrogens is 638 g/mol. The number of tetrazole rings is 1. The number of benzene rings is 1. The first-order chi connectivity index (χ1) is 24.6. The van der Waals surface area contributed by atoms with Crippen molar-refractivity contribution in [3.05, 3.63) is 48.7 Å². The van der Waals surface area contributed by atoms with Crippen LogP contribution in [0.25, 0.3) is 11.1 Å². The fourth-order valence-corrected chi connectivity index (χ4v) is 7.48. The van der Waals surface area contributed by atoms with E-state index in [4.69, 9.17) is 24.0 Å². The van der Waals surface area contributed by atoms with Crippen LogP contribution in [0.5, 0.6) is 11.6 Å². The van der Waals surface area contributed by atoms with Gasteiger partial charge in [0.05, 0.1) is 44.2 Å². The zero-order valence-electron chi connectivity index (χ0n) is 28.7. The number of hydrogen-bond acceptors (Lipinski definition) is 13. The number of anilines is 2. The highest BCUT2D eigenvalue weighted by atomic mass is 16.5. The first kappa shape index (κ1) is 33.8. The summed E-state index contributed by atoms with van der Waals surface area (Å²) in [4.78, 5) is 12.0. The Kier molecular flexibility index (Phi) is 10.8. The number of methoxy groups -OCH3 is 1. The van der Waals surface area contributed by atoms with Crippen LogP contribution in [-0.4, -0.2) is 103 Å². The predicted octanol–water partition coefficient (Wildman–Crippen LogP) is 4.56. The number of unbranched alkanes of at least 4 members (excludes halogenated alkanes) is 1. The quantitative estimate of drug-likeness (QED) is 0.174. The summed E-state index contributed by atoms with van der Waals surface area (Å²) in [7, 11) is 1.71. The molecule has 15 heteroatoms. The lowest BCUT2D eigenvalue weighted by Gasteiger charge is -2.43. The number of fused-ring (bicyclic) bond motifs is 2. The Hall–Kier alpha value is -4.65. The van der Waals surface area contributed by atoms with Crippen molar-refractivity contribution in [2.24, 2.45) is 0 Å². The van der Waals surface area contributed by atoms with Crippen molar-refractivity contribution in [2.45, 2.75) is 95.1 Å². The molecular formula is C35H45N11O4. The van der Waals surface area contributed by atoms with Crippen molar-refractivity contribution in [3.8, 4) is 28.8 Å². The molecule has 50 heavy (non-hydrogen) atoms. The van der Waals surface area contributed by atoms with Gasteiger partial charge in [0.1, 0.15) is 29.9 Å². The first-order valence-electron chi connectivity index (χ1n) is 17.6. The molecule has 1 aromatic carbocycles. The molecule has 0 radical (unpaired) electrons. The second-order valence-electron chi connectivity index (χ2n) is 13.4. The Morgan fingerprint density at radius 3 is 2.44 bits per heavy atom. The van der Waals surface area contributed by atoms with Gasteiger partial charge in [0.25, 0.3) is 5.88 Å². The minimum absolute atomic E-state index is 0.268. The van der Waals surface area contributed by atoms with Gasteiger partial charge in [0.2, 0.25) is 5.95 Å². The van der Waals surface area contributed by atoms with Gasteiger partial charge in [-0.1, -0.05) is 6.07 Å². The van der Waals surface area contributed by atoms with Crippen LogP contribution >= 0.6 is 0 Å². The summed E-state index contributed by atoms with van der Waals surface area (Å²) in [5, 5.41) is 29.2. The third-order valence-electron chi connectivity index (χ3n) is 9.94. The number of rotatable bonds is 15. The van der Waals surface area contributed by atoms with Gasteiger partial charge in [0.15, 0.2) is 0 Å². The van der Waals surface area contributed by atoms with Crippen LogP contribution in [0.4, 0.5) is 11.6 Å². The second kappa shape index (κ2) is 15.9. The van der Waals surface area contributed by atoms with E-state index < -0.39 is 0 Å². The van der Waals surface area contributed by atoms with Gasteiger partial charge >= 0.3 is 0 Å². The van der Waals surface area contributed by atoms with Gasteiger partial charge in [-0.15, -0.1) is 10.2 Å². The van der Waals surface area contributed by atoms with Crippen molar-refractivity contribution >= 4 is 11.6 Å². The maximum atomic E-state index is 9.68. The third-order valence-corrected chi connectivity index (χ3v) is 9.94. The summed E-state index contributed by atoms with van der Waals surface area (Å²) in [5.74, 6) is 1.45. The molecule has 3 atom stereocenters. The Labute approximate surface area is 291 Å². The van der Waals surface area contributed by atoms with Crippen molar-refractivity contribution in [3.63, 3.8) is 0 Å². The number of nitrogens with zero attached hydrogens (tertiary/aromatic N) is 10. The molecule has 0 spiro atoms. The zero-order chi connectivity index (χ0) is 34.3. The third kappa shape index (κ3) is 7.88. The highest BCUT2D eigenvalue weighted by Gasteiger charge is 2.42. The summed E-state index contributed by atoms with van der Waals surface area (Å²) < 4.78 is 27.0. The number of nitriles is 1. The molecule has 2 bridgehead atoms. The van der Waals surface area contributed by atoms with E-state index >= 15 is 0 Å². The summed E-state index contributed by atoms with van der Waals surface area (Å²) in [6.45, 7) is 5.34. The fraction of sp³-hybridized carbons (Fsp3) is 0.571. The molecule has 3 aliphatic rings. The summed E-state index contributed by atoms with van der Waals surface area (Å²) in [5.41, 5.74) is 2.79. The number of aromatic nitrogens is 8. The first-order valence-corrected chi connectivity index (χ1v) is 17.6. The molecule has 264 valence electrons. The minimum Gasteiger partial charge on any atom is -0.487 e. The topological polar surface area (TPSA) is 163 Å². The summed E-state index contributed by atoms with van der Waals surface area (Å²) in [6.07, 6.45) is 15.6. The molecule has 3 fully saturated rings. The average Bonchev–Trinajstić information content (AvgIpc) is 3.86. The van der Waals surface area contributed by atoms with E-state index in [-0.39, 0.29) is 6.10 Å². The maximum absolute atomic E-state index is 9.68. The van der Waals surface area contributed by atoms with E-state index in [1.807, 2.05) is 25.3 Å². The van der Waals surface area contributed by atoms with E-state index in [2.05, 4.69) is 46.5 Å². The lowest BCUT2D eigenvalue weighted by Crippen LogP contribution is -2.52. The summed E-state index contributed by atoms with van der Waals surface area (Å²) >= 11 is 0. The van der Waals surface area contributed by atoms with Gasteiger partial charge in [-0.3, -0.25) is 9.58 Å². The van der Waals surface area contributed by atoms with Crippen molar-refractivity contribution in [1.29, 1.82) is 5.26 Å². The van der Waals surface area contributed by atoms with Crippen LogP contribution in [0.2, 0.25) is 0 Å². The highest BCUT2D eigenvalue weighted by Crippen LogP contribution is 2.39. The Morgan fingerprint density at radius 1 is 0.980 bits per heavy atom. The van der Waals surface area contributed by atoms with E-state index in [0.29, 0.717) is 67.1 Å². The molecule has 15 nitrogen and oxygen atoms in total. The summed E-state index contributed by atoms with van der Waals surface area (Å²) in [6, 6.07) is 9.75. The van der Waals surface area contributed by atoms with Crippen LogP contribution < -0.4 is 14.8 Å². The monoisotopic (exact) mass is 683 g/mol. The Balaban J connectivity index is 1.02. The molecule has 4 aromatic rings. The zero-order valence-corrected chi connectivity index (χ0v) is 28.7. The van der Waals surface area contributed by atoms with Crippen molar-refractivity contribution < 1.29 is 18.9 Å². The van der Waals surface area contributed by atoms with Crippen LogP contribution in [0, 0.1) is 11.3 Å². The SMILES string of the molecule is COCCCCOc1nn([C@H]2CC[C@H](N3[C@@H]4CC[C@H]3COC4)CC2)cc1Nc1ncc(-c2ccc(C#N)c(O[C@@H](C)Cn3cnnn3)c2)cn1. The van der Waals surface area contributed by atoms with Gasteiger partial charge in [-0.25, -0.2) is 14.6 Å². The number of nitrogens with one attached hydrogen (secondary N) is 1. The number of ether oxygens (including phenoxy) is 4. The molecule has 5 heterocycles. The highest BCUT2D eigenvalue weighted by molar-refractivity contribution is 5.67. The lowest BCUT2D eigenvalue weighted by molar-refractivity contribution is -0.0458. The van der Waals surface area contributed by atoms with Gasteiger partial charge < -0.3 is 24.3 Å². The van der Waals surface area contributed by atoms with Crippen LogP contribution in [0.15, 0.2) is 43.1 Å². The Morgan fingerprint density at radius 2 is 1.72 bits per heavy atom. The van der Waals surface area contributed by atoms with Crippen LogP contribution in [0.1, 0.15) is 69.9 Å². The average molecular weight is 684 g/mol. The molecule has 2 saturated heterocycles. The smallest absolute Gasteiger partial charge is 0.256 e. The fourth-order valence-electron chi connectivity index (χ4n) is 7.48. The maximum Gasteiger partial charge on any atom is 0.256 e. The van der Waals surface area contributed by atoms with E-state index in [1.165, 1.54) is 32.0 Å². The van der Waals surface area contributed by atoms with Crippen LogP contribution in [-0.2, 0) is 16.0 Å². The molecule has 1 aliphatic carbocycles. The van der Waals surface area contributed by atoms with E-state index in [0.717, 1.165) is 55.7 Å². The van der Waals surface area contributed by atoms with E-state index in [9.17, 15) is 5.26 Å². The van der Waals surface area contributed by atoms with Gasteiger partial charge in [-0.2, -0.15) is 5.26 Å². The number of hydrogen-bond donors (Lipinski definition) is 1. The molecule has 0 unspecified atom stereocenters. The minimum atomic E-state index is -0.268. The lowest BCUT2D eigenvalue weighted by atomic mass is 9.89. The van der Waals surface area contributed by atoms with Gasteiger partial charge in [0, 0.05) is 49.8 Å². The van der Waals surface area contributed by atoms with E-state index in [1.54, 1.807) is 30.3 Å². The number of morpholine rings is 1. The second-order valence-corrected chi connectivity index (χ2v) is 13.4. The molecule has 0 amide bonds.